The summed E-state index contributed by atoms with van der Waals surface area (Å²) < 4.78 is 48.8. The van der Waals surface area contributed by atoms with Gasteiger partial charge < -0.3 is 19.1 Å². The number of nitrogens with zero attached hydrogens (tertiary/aromatic N) is 1. The quantitative estimate of drug-likeness (QED) is 0.211. The molecule has 0 aromatic heterocycles. The molecular formula is C32H39NO7S. The molecule has 0 aliphatic carbocycles. The number of benzene rings is 3. The van der Waals surface area contributed by atoms with Gasteiger partial charge in [0.1, 0.15) is 17.5 Å². The summed E-state index contributed by atoms with van der Waals surface area (Å²) in [6.45, 7) is 8.61. The molecule has 1 amide bonds. The lowest BCUT2D eigenvalue weighted by Crippen LogP contribution is -2.50. The summed E-state index contributed by atoms with van der Waals surface area (Å²) >= 11 is 0. The number of carbonyl (C=O) groups excluding carboxylic acids is 1. The number of ether oxygens (including phenoxy) is 3. The third-order valence-electron chi connectivity index (χ3n) is 6.58. The third kappa shape index (κ3) is 8.79. The fraction of sp³-hybridized carbons (Fsp3) is 0.406. The number of carbonyl (C=O) groups is 1. The largest absolute Gasteiger partial charge is 0.483 e. The summed E-state index contributed by atoms with van der Waals surface area (Å²) in [5.41, 5.74) is 2.23. The normalized spacial score (nSPS) is 16.7. The van der Waals surface area contributed by atoms with E-state index in [1.165, 1.54) is 0 Å². The minimum absolute atomic E-state index is 0.0449. The standard InChI is InChI=1S/C32H39NO7S/c1-24-16-18-27(19-17-24)41(35,36)38-21-10-14-25-11-8-9-15-28(25)39-30(26-12-6-5-7-13-26)29-23-33(20-22-37-29)31(34)40-32(2,3)4/h5-9,11-13,15-19,29-30H,10,14,20-23H2,1-4H3/t29-,30-/m0/s1. The van der Waals surface area contributed by atoms with E-state index in [2.05, 4.69) is 0 Å². The number of aryl methyl sites for hydroxylation is 2. The molecule has 0 N–H and O–H groups in total. The minimum atomic E-state index is -3.83. The van der Waals surface area contributed by atoms with Gasteiger partial charge in [0.2, 0.25) is 0 Å². The van der Waals surface area contributed by atoms with E-state index in [-0.39, 0.29) is 17.6 Å². The first kappa shape index (κ1) is 30.6. The molecule has 1 aliphatic heterocycles. The highest BCUT2D eigenvalue weighted by Crippen LogP contribution is 2.31. The van der Waals surface area contributed by atoms with E-state index in [0.29, 0.717) is 38.3 Å². The van der Waals surface area contributed by atoms with Crippen molar-refractivity contribution in [3.05, 3.63) is 95.6 Å². The number of rotatable bonds is 10. The van der Waals surface area contributed by atoms with Crippen LogP contribution >= 0.6 is 0 Å². The fourth-order valence-electron chi connectivity index (χ4n) is 4.52. The van der Waals surface area contributed by atoms with Crippen LogP contribution in [0.3, 0.4) is 0 Å². The van der Waals surface area contributed by atoms with E-state index in [9.17, 15) is 13.2 Å². The van der Waals surface area contributed by atoms with Crippen molar-refractivity contribution in [2.45, 2.75) is 63.2 Å². The zero-order chi connectivity index (χ0) is 29.5. The molecule has 220 valence electrons. The SMILES string of the molecule is Cc1ccc(S(=O)(=O)OCCCc2ccccc2O[C@@H](c2ccccc2)[C@@H]2CN(C(=O)OC(C)(C)C)CCO2)cc1. The van der Waals surface area contributed by atoms with Crippen molar-refractivity contribution in [1.29, 1.82) is 0 Å². The molecule has 4 rings (SSSR count). The molecule has 3 aromatic carbocycles. The number of hydrogen-bond acceptors (Lipinski definition) is 7. The molecule has 1 saturated heterocycles. The molecule has 8 nitrogen and oxygen atoms in total. The van der Waals surface area contributed by atoms with E-state index in [0.717, 1.165) is 16.7 Å². The first-order valence-electron chi connectivity index (χ1n) is 13.9. The molecule has 9 heteroatoms. The molecule has 3 aromatic rings. The van der Waals surface area contributed by atoms with E-state index >= 15 is 0 Å². The smallest absolute Gasteiger partial charge is 0.410 e. The molecule has 1 aliphatic rings. The van der Waals surface area contributed by atoms with E-state index < -0.39 is 27.9 Å². The van der Waals surface area contributed by atoms with Crippen LogP contribution in [0.25, 0.3) is 0 Å². The van der Waals surface area contributed by atoms with Crippen LogP contribution in [0.4, 0.5) is 4.79 Å². The van der Waals surface area contributed by atoms with Crippen LogP contribution in [0.5, 0.6) is 5.75 Å². The van der Waals surface area contributed by atoms with Crippen LogP contribution < -0.4 is 4.74 Å². The predicted octanol–water partition coefficient (Wildman–Crippen LogP) is 6.09. The highest BCUT2D eigenvalue weighted by molar-refractivity contribution is 7.86. The maximum absolute atomic E-state index is 12.8. The Hall–Kier alpha value is -3.40. The Morgan fingerprint density at radius 1 is 1.00 bits per heavy atom. The Kier molecular flexibility index (Phi) is 10.1. The van der Waals surface area contributed by atoms with Crippen LogP contribution in [0, 0.1) is 6.92 Å². The minimum Gasteiger partial charge on any atom is -0.483 e. The van der Waals surface area contributed by atoms with Crippen molar-refractivity contribution in [1.82, 2.24) is 4.90 Å². The molecule has 41 heavy (non-hydrogen) atoms. The second-order valence-corrected chi connectivity index (χ2v) is 12.7. The van der Waals surface area contributed by atoms with Crippen LogP contribution in [0.15, 0.2) is 83.8 Å². The highest BCUT2D eigenvalue weighted by atomic mass is 32.2. The van der Waals surface area contributed by atoms with Gasteiger partial charge in [-0.15, -0.1) is 0 Å². The first-order valence-corrected chi connectivity index (χ1v) is 15.3. The highest BCUT2D eigenvalue weighted by Gasteiger charge is 2.35. The Labute approximate surface area is 243 Å². The van der Waals surface area contributed by atoms with Crippen LogP contribution in [-0.4, -0.2) is 57.4 Å². The zero-order valence-corrected chi connectivity index (χ0v) is 24.9. The maximum Gasteiger partial charge on any atom is 0.410 e. The average Bonchev–Trinajstić information content (AvgIpc) is 2.94. The van der Waals surface area contributed by atoms with Gasteiger partial charge in [0.15, 0.2) is 6.10 Å². The van der Waals surface area contributed by atoms with Crippen molar-refractivity contribution < 1.29 is 31.6 Å². The zero-order valence-electron chi connectivity index (χ0n) is 24.1. The van der Waals surface area contributed by atoms with E-state index in [1.54, 1.807) is 29.2 Å². The summed E-state index contributed by atoms with van der Waals surface area (Å²) in [6, 6.07) is 24.0. The van der Waals surface area contributed by atoms with Gasteiger partial charge >= 0.3 is 6.09 Å². The fourth-order valence-corrected chi connectivity index (χ4v) is 5.46. The van der Waals surface area contributed by atoms with Gasteiger partial charge in [-0.3, -0.25) is 4.18 Å². The van der Waals surface area contributed by atoms with Gasteiger partial charge in [-0.05, 0) is 69.9 Å². The number of para-hydroxylation sites is 1. The monoisotopic (exact) mass is 581 g/mol. The molecule has 1 heterocycles. The summed E-state index contributed by atoms with van der Waals surface area (Å²) in [5, 5.41) is 0. The van der Waals surface area contributed by atoms with Crippen molar-refractivity contribution in [2.24, 2.45) is 0 Å². The van der Waals surface area contributed by atoms with Crippen LogP contribution in [0.1, 0.15) is 50.0 Å². The lowest BCUT2D eigenvalue weighted by Gasteiger charge is -2.37. The van der Waals surface area contributed by atoms with Crippen molar-refractivity contribution in [2.75, 3.05) is 26.3 Å². The summed E-state index contributed by atoms with van der Waals surface area (Å²) in [5.74, 6) is 0.667. The molecule has 0 bridgehead atoms. The van der Waals surface area contributed by atoms with Crippen molar-refractivity contribution in [3.63, 3.8) is 0 Å². The van der Waals surface area contributed by atoms with Crippen LogP contribution in [-0.2, 0) is 30.2 Å². The number of amides is 1. The Bertz CT molecular complexity index is 1390. The lowest BCUT2D eigenvalue weighted by molar-refractivity contribution is -0.0838. The maximum atomic E-state index is 12.8. The lowest BCUT2D eigenvalue weighted by atomic mass is 10.0. The number of morpholine rings is 1. The van der Waals surface area contributed by atoms with Gasteiger partial charge in [-0.25, -0.2) is 4.79 Å². The topological polar surface area (TPSA) is 91.4 Å². The second kappa shape index (κ2) is 13.5. The van der Waals surface area contributed by atoms with Gasteiger partial charge in [0, 0.05) is 6.54 Å². The molecule has 0 saturated carbocycles. The molecule has 0 spiro atoms. The Morgan fingerprint density at radius 2 is 1.68 bits per heavy atom. The van der Waals surface area contributed by atoms with Crippen molar-refractivity contribution in [3.8, 4) is 5.75 Å². The Morgan fingerprint density at radius 3 is 2.39 bits per heavy atom. The summed E-state index contributed by atoms with van der Waals surface area (Å²) in [4.78, 5) is 14.6. The Balaban J connectivity index is 1.45. The summed E-state index contributed by atoms with van der Waals surface area (Å²) in [7, 11) is -3.83. The van der Waals surface area contributed by atoms with Crippen molar-refractivity contribution >= 4 is 16.2 Å². The van der Waals surface area contributed by atoms with E-state index in [1.807, 2.05) is 82.3 Å². The number of hydrogen-bond donors (Lipinski definition) is 0. The molecule has 0 radical (unpaired) electrons. The predicted molar refractivity (Wildman–Crippen MR) is 156 cm³/mol. The van der Waals surface area contributed by atoms with Gasteiger partial charge in [0.05, 0.1) is 24.7 Å². The van der Waals surface area contributed by atoms with Gasteiger partial charge in [-0.2, -0.15) is 8.42 Å². The van der Waals surface area contributed by atoms with Gasteiger partial charge in [-0.1, -0.05) is 66.2 Å². The van der Waals surface area contributed by atoms with Crippen LogP contribution in [0.2, 0.25) is 0 Å². The molecule has 1 fully saturated rings. The average molecular weight is 582 g/mol. The molecule has 2 atom stereocenters. The first-order chi connectivity index (χ1) is 19.5. The van der Waals surface area contributed by atoms with Gasteiger partial charge in [0.25, 0.3) is 10.1 Å². The summed E-state index contributed by atoms with van der Waals surface area (Å²) in [6.07, 6.45) is -0.251. The molecular weight excluding hydrogens is 542 g/mol. The molecule has 0 unspecified atom stereocenters. The second-order valence-electron chi connectivity index (χ2n) is 11.1. The van der Waals surface area contributed by atoms with E-state index in [4.69, 9.17) is 18.4 Å². The third-order valence-corrected chi connectivity index (χ3v) is 7.90.